The van der Waals surface area contributed by atoms with Crippen LogP contribution in [0.2, 0.25) is 0 Å². The van der Waals surface area contributed by atoms with Crippen molar-refractivity contribution in [1.82, 2.24) is 0 Å². The summed E-state index contributed by atoms with van der Waals surface area (Å²) in [6.07, 6.45) is 3.95. The van der Waals surface area contributed by atoms with Crippen LogP contribution in [0.3, 0.4) is 0 Å². The van der Waals surface area contributed by atoms with Crippen LogP contribution >= 0.6 is 11.3 Å². The predicted molar refractivity (Wildman–Crippen MR) is 90.4 cm³/mol. The van der Waals surface area contributed by atoms with Crippen LogP contribution in [-0.2, 0) is 12.8 Å². The van der Waals surface area contributed by atoms with E-state index in [1.165, 1.54) is 11.3 Å². The Labute approximate surface area is 138 Å². The number of thiophene rings is 1. The normalized spacial score (nSPS) is 13.3. The molecule has 1 heterocycles. The maximum absolute atomic E-state index is 12.4. The van der Waals surface area contributed by atoms with Crippen molar-refractivity contribution in [1.29, 1.82) is 0 Å². The summed E-state index contributed by atoms with van der Waals surface area (Å²) in [5.41, 5.74) is 7.53. The molecule has 0 unspecified atom stereocenters. The number of aryl methyl sites for hydroxylation is 1. The van der Waals surface area contributed by atoms with Crippen LogP contribution in [0, 0.1) is 0 Å². The molecule has 120 valence electrons. The number of rotatable bonds is 4. The summed E-state index contributed by atoms with van der Waals surface area (Å²) in [5.74, 6) is -0.0471. The topological polar surface area (TPSA) is 81.4 Å². The van der Waals surface area contributed by atoms with Crippen LogP contribution in [0.5, 0.6) is 5.75 Å². The summed E-state index contributed by atoms with van der Waals surface area (Å²) >= 11 is 1.46. The third-order valence-electron chi connectivity index (χ3n) is 4.00. The molecule has 0 bridgehead atoms. The van der Waals surface area contributed by atoms with Crippen molar-refractivity contribution >= 4 is 28.2 Å². The van der Waals surface area contributed by atoms with Crippen molar-refractivity contribution in [3.05, 3.63) is 45.8 Å². The lowest BCUT2D eigenvalue weighted by Gasteiger charge is -2.11. The van der Waals surface area contributed by atoms with Gasteiger partial charge < -0.3 is 15.8 Å². The van der Waals surface area contributed by atoms with Gasteiger partial charge in [-0.25, -0.2) is 0 Å². The molecule has 0 spiro atoms. The number of primary amides is 1. The molecular weight excluding hydrogens is 312 g/mol. The van der Waals surface area contributed by atoms with Gasteiger partial charge in [-0.05, 0) is 55.5 Å². The Morgan fingerprint density at radius 1 is 1.17 bits per heavy atom. The van der Waals surface area contributed by atoms with Crippen molar-refractivity contribution < 1.29 is 14.3 Å². The van der Waals surface area contributed by atoms with Gasteiger partial charge >= 0.3 is 0 Å². The lowest BCUT2D eigenvalue weighted by molar-refractivity contribution is 0.100. The minimum absolute atomic E-state index is 0.256. The summed E-state index contributed by atoms with van der Waals surface area (Å²) in [6, 6.07) is 6.82. The van der Waals surface area contributed by atoms with Crippen molar-refractivity contribution in [2.45, 2.75) is 25.7 Å². The van der Waals surface area contributed by atoms with Crippen molar-refractivity contribution in [3.8, 4) is 5.75 Å². The molecule has 1 aromatic heterocycles. The second-order valence-corrected chi connectivity index (χ2v) is 6.57. The van der Waals surface area contributed by atoms with Gasteiger partial charge in [0.15, 0.2) is 0 Å². The molecule has 5 nitrogen and oxygen atoms in total. The van der Waals surface area contributed by atoms with E-state index in [2.05, 4.69) is 5.32 Å². The third-order valence-corrected chi connectivity index (χ3v) is 5.20. The van der Waals surface area contributed by atoms with Gasteiger partial charge in [-0.1, -0.05) is 0 Å². The number of ether oxygens (including phenoxy) is 1. The van der Waals surface area contributed by atoms with Crippen molar-refractivity contribution in [3.63, 3.8) is 0 Å². The van der Waals surface area contributed by atoms with Gasteiger partial charge in [0.25, 0.3) is 11.8 Å². The van der Waals surface area contributed by atoms with Gasteiger partial charge in [0, 0.05) is 10.4 Å². The molecular formula is C17H18N2O3S. The van der Waals surface area contributed by atoms with Crippen LogP contribution in [0.25, 0.3) is 0 Å². The maximum Gasteiger partial charge on any atom is 0.256 e. The molecule has 2 aromatic rings. The van der Waals surface area contributed by atoms with Gasteiger partial charge in [-0.15, -0.1) is 11.3 Å². The average molecular weight is 330 g/mol. The molecule has 0 atom stereocenters. The highest BCUT2D eigenvalue weighted by atomic mass is 32.1. The molecule has 1 aliphatic carbocycles. The number of methoxy groups -OCH3 is 1. The van der Waals surface area contributed by atoms with E-state index in [0.717, 1.165) is 36.1 Å². The first-order chi connectivity index (χ1) is 11.1. The van der Waals surface area contributed by atoms with Crippen molar-refractivity contribution in [2.75, 3.05) is 12.4 Å². The SMILES string of the molecule is COc1ccc(C(=O)Nc2sc3c(c2C(N)=O)CCCC3)cc1. The lowest BCUT2D eigenvalue weighted by Crippen LogP contribution is -2.18. The van der Waals surface area contributed by atoms with E-state index in [0.29, 0.717) is 21.9 Å². The van der Waals surface area contributed by atoms with E-state index in [1.54, 1.807) is 31.4 Å². The molecule has 0 radical (unpaired) electrons. The quantitative estimate of drug-likeness (QED) is 0.904. The first-order valence-electron chi connectivity index (χ1n) is 7.50. The summed E-state index contributed by atoms with van der Waals surface area (Å²) in [6.45, 7) is 0. The molecule has 23 heavy (non-hydrogen) atoms. The van der Waals surface area contributed by atoms with Crippen LogP contribution in [0.15, 0.2) is 24.3 Å². The van der Waals surface area contributed by atoms with Crippen LogP contribution in [0.4, 0.5) is 5.00 Å². The van der Waals surface area contributed by atoms with E-state index >= 15 is 0 Å². The summed E-state index contributed by atoms with van der Waals surface area (Å²) < 4.78 is 5.08. The van der Waals surface area contributed by atoms with Gasteiger partial charge in [-0.2, -0.15) is 0 Å². The van der Waals surface area contributed by atoms with Gasteiger partial charge in [0.05, 0.1) is 12.7 Å². The van der Waals surface area contributed by atoms with E-state index in [-0.39, 0.29) is 5.91 Å². The zero-order valence-corrected chi connectivity index (χ0v) is 13.7. The fourth-order valence-electron chi connectivity index (χ4n) is 2.83. The number of hydrogen-bond donors (Lipinski definition) is 2. The third kappa shape index (κ3) is 3.07. The summed E-state index contributed by atoms with van der Waals surface area (Å²) in [4.78, 5) is 25.4. The fourth-order valence-corrected chi connectivity index (χ4v) is 4.12. The number of hydrogen-bond acceptors (Lipinski definition) is 4. The van der Waals surface area contributed by atoms with E-state index in [9.17, 15) is 9.59 Å². The molecule has 0 saturated heterocycles. The number of amides is 2. The molecule has 0 aliphatic heterocycles. The molecule has 6 heteroatoms. The molecule has 3 rings (SSSR count). The molecule has 1 aromatic carbocycles. The average Bonchev–Trinajstić information content (AvgIpc) is 2.92. The monoisotopic (exact) mass is 330 g/mol. The standard InChI is InChI=1S/C17H18N2O3S/c1-22-11-8-6-10(7-9-11)16(21)19-17-14(15(18)20)12-4-2-3-5-13(12)23-17/h6-9H,2-5H2,1H3,(H2,18,20)(H,19,21). The number of fused-ring (bicyclic) bond motifs is 1. The van der Waals surface area contributed by atoms with Crippen LogP contribution in [-0.4, -0.2) is 18.9 Å². The zero-order chi connectivity index (χ0) is 16.4. The Balaban J connectivity index is 1.88. The summed E-state index contributed by atoms with van der Waals surface area (Å²) in [5, 5.41) is 3.40. The highest BCUT2D eigenvalue weighted by Crippen LogP contribution is 2.38. The molecule has 1 aliphatic rings. The lowest BCUT2D eigenvalue weighted by atomic mass is 9.95. The zero-order valence-electron chi connectivity index (χ0n) is 12.8. The second kappa shape index (κ2) is 6.42. The minimum Gasteiger partial charge on any atom is -0.497 e. The molecule has 3 N–H and O–H groups in total. The first-order valence-corrected chi connectivity index (χ1v) is 8.31. The van der Waals surface area contributed by atoms with Crippen LogP contribution in [0.1, 0.15) is 44.0 Å². The number of carbonyl (C=O) groups excluding carboxylic acids is 2. The van der Waals surface area contributed by atoms with Gasteiger partial charge in [-0.3, -0.25) is 9.59 Å². The Hall–Kier alpha value is -2.34. The Kier molecular flexibility index (Phi) is 4.34. The van der Waals surface area contributed by atoms with E-state index in [1.807, 2.05) is 0 Å². The Morgan fingerprint density at radius 3 is 2.52 bits per heavy atom. The summed E-state index contributed by atoms with van der Waals surface area (Å²) in [7, 11) is 1.57. The maximum atomic E-state index is 12.4. The largest absolute Gasteiger partial charge is 0.497 e. The van der Waals surface area contributed by atoms with Gasteiger partial charge in [0.2, 0.25) is 0 Å². The fraction of sp³-hybridized carbons (Fsp3) is 0.294. The molecule has 0 saturated carbocycles. The molecule has 2 amide bonds. The Bertz CT molecular complexity index is 750. The Morgan fingerprint density at radius 2 is 1.87 bits per heavy atom. The number of nitrogens with one attached hydrogen (secondary N) is 1. The highest BCUT2D eigenvalue weighted by Gasteiger charge is 2.25. The second-order valence-electron chi connectivity index (χ2n) is 5.46. The predicted octanol–water partition coefficient (Wildman–Crippen LogP) is 2.99. The van der Waals surface area contributed by atoms with E-state index < -0.39 is 5.91 Å². The number of benzene rings is 1. The van der Waals surface area contributed by atoms with Crippen molar-refractivity contribution in [2.24, 2.45) is 5.73 Å². The van der Waals surface area contributed by atoms with Gasteiger partial charge in [0.1, 0.15) is 10.8 Å². The smallest absolute Gasteiger partial charge is 0.256 e. The first kappa shape index (κ1) is 15.6. The van der Waals surface area contributed by atoms with Crippen LogP contribution < -0.4 is 15.8 Å². The van der Waals surface area contributed by atoms with E-state index in [4.69, 9.17) is 10.5 Å². The number of anilines is 1. The highest BCUT2D eigenvalue weighted by molar-refractivity contribution is 7.17. The number of nitrogens with two attached hydrogens (primary N) is 1. The molecule has 0 fully saturated rings. The minimum atomic E-state index is -0.477. The number of carbonyl (C=O) groups is 2.